The molecule has 1 atom stereocenters. The zero-order chi connectivity index (χ0) is 8.27. The van der Waals surface area contributed by atoms with Gasteiger partial charge in [-0.05, 0) is 6.92 Å². The lowest BCUT2D eigenvalue weighted by molar-refractivity contribution is 0.739. The number of anilines is 1. The Kier molecular flexibility index (Phi) is 2.48. The van der Waals surface area contributed by atoms with Crippen LogP contribution >= 0.6 is 0 Å². The number of rotatable bonds is 3. The smallest absolute Gasteiger partial charge is 0.123 e. The molecule has 0 amide bonds. The zero-order valence-electron chi connectivity index (χ0n) is 6.91. The molecule has 3 N–H and O–H groups in total. The molecule has 0 radical (unpaired) electrons. The molecule has 0 bridgehead atoms. The van der Waals surface area contributed by atoms with Gasteiger partial charge in [0, 0.05) is 25.7 Å². The maximum absolute atomic E-state index is 5.57. The standard InChI is InChI=1S/C7H14N4/c1-6(8)5-9-7-3-4-10-11(7)2/h3-4,6,9H,5,8H2,1-2H3/t6-/m0/s1. The summed E-state index contributed by atoms with van der Waals surface area (Å²) in [6, 6.07) is 2.09. The van der Waals surface area contributed by atoms with E-state index < -0.39 is 0 Å². The van der Waals surface area contributed by atoms with Crippen LogP contribution in [0.15, 0.2) is 12.3 Å². The Labute approximate surface area is 66.4 Å². The second kappa shape index (κ2) is 3.39. The first kappa shape index (κ1) is 8.07. The number of nitrogens with two attached hydrogens (primary N) is 1. The van der Waals surface area contributed by atoms with E-state index in [0.717, 1.165) is 12.4 Å². The third-order valence-corrected chi connectivity index (χ3v) is 1.43. The highest BCUT2D eigenvalue weighted by Gasteiger charge is 1.97. The molecule has 11 heavy (non-hydrogen) atoms. The molecule has 1 aromatic rings. The number of hydrogen-bond donors (Lipinski definition) is 2. The van der Waals surface area contributed by atoms with Crippen molar-refractivity contribution in [2.24, 2.45) is 12.8 Å². The first-order chi connectivity index (χ1) is 5.20. The van der Waals surface area contributed by atoms with Crippen molar-refractivity contribution in [2.45, 2.75) is 13.0 Å². The van der Waals surface area contributed by atoms with E-state index in [2.05, 4.69) is 10.4 Å². The molecule has 0 fully saturated rings. The molecule has 0 saturated carbocycles. The minimum atomic E-state index is 0.171. The molecule has 0 spiro atoms. The fourth-order valence-electron chi connectivity index (χ4n) is 0.813. The largest absolute Gasteiger partial charge is 0.369 e. The SMILES string of the molecule is C[C@H](N)CNc1ccnn1C. The second-order valence-corrected chi connectivity index (χ2v) is 2.70. The van der Waals surface area contributed by atoms with Gasteiger partial charge in [-0.15, -0.1) is 0 Å². The summed E-state index contributed by atoms with van der Waals surface area (Å²) < 4.78 is 1.78. The molecule has 0 aromatic carbocycles. The van der Waals surface area contributed by atoms with E-state index in [0.29, 0.717) is 0 Å². The van der Waals surface area contributed by atoms with Gasteiger partial charge in [0.15, 0.2) is 0 Å². The Bertz CT molecular complexity index is 216. The monoisotopic (exact) mass is 154 g/mol. The van der Waals surface area contributed by atoms with Crippen LogP contribution in [0.1, 0.15) is 6.92 Å². The Morgan fingerprint density at radius 1 is 1.82 bits per heavy atom. The minimum Gasteiger partial charge on any atom is -0.369 e. The molecule has 0 unspecified atom stereocenters. The van der Waals surface area contributed by atoms with Crippen LogP contribution in [0.2, 0.25) is 0 Å². The van der Waals surface area contributed by atoms with Crippen molar-refractivity contribution in [1.82, 2.24) is 9.78 Å². The molecule has 4 heteroatoms. The fraction of sp³-hybridized carbons (Fsp3) is 0.571. The van der Waals surface area contributed by atoms with E-state index in [1.807, 2.05) is 20.0 Å². The van der Waals surface area contributed by atoms with Gasteiger partial charge in [0.2, 0.25) is 0 Å². The van der Waals surface area contributed by atoms with E-state index in [4.69, 9.17) is 5.73 Å². The lowest BCUT2D eigenvalue weighted by atomic mass is 10.4. The van der Waals surface area contributed by atoms with Crippen molar-refractivity contribution < 1.29 is 0 Å². The molecule has 0 saturated heterocycles. The van der Waals surface area contributed by atoms with Crippen molar-refractivity contribution in [3.63, 3.8) is 0 Å². The normalized spacial score (nSPS) is 13.0. The lowest BCUT2D eigenvalue weighted by Gasteiger charge is -2.07. The Morgan fingerprint density at radius 2 is 2.55 bits per heavy atom. The van der Waals surface area contributed by atoms with Crippen LogP contribution < -0.4 is 11.1 Å². The molecular weight excluding hydrogens is 140 g/mol. The first-order valence-electron chi connectivity index (χ1n) is 3.67. The molecule has 0 aliphatic rings. The molecule has 1 aromatic heterocycles. The van der Waals surface area contributed by atoms with Crippen LogP contribution in [-0.4, -0.2) is 22.4 Å². The summed E-state index contributed by atoms with van der Waals surface area (Å²) in [6.07, 6.45) is 1.75. The van der Waals surface area contributed by atoms with Crippen molar-refractivity contribution in [1.29, 1.82) is 0 Å². The summed E-state index contributed by atoms with van der Waals surface area (Å²) in [7, 11) is 1.89. The van der Waals surface area contributed by atoms with Gasteiger partial charge in [-0.3, -0.25) is 4.68 Å². The van der Waals surface area contributed by atoms with Crippen LogP contribution in [0.3, 0.4) is 0 Å². The van der Waals surface area contributed by atoms with E-state index in [-0.39, 0.29) is 6.04 Å². The van der Waals surface area contributed by atoms with Gasteiger partial charge in [-0.1, -0.05) is 0 Å². The molecule has 4 nitrogen and oxygen atoms in total. The Morgan fingerprint density at radius 3 is 3.00 bits per heavy atom. The third-order valence-electron chi connectivity index (χ3n) is 1.43. The van der Waals surface area contributed by atoms with Gasteiger partial charge in [0.05, 0.1) is 6.20 Å². The van der Waals surface area contributed by atoms with E-state index in [9.17, 15) is 0 Å². The van der Waals surface area contributed by atoms with Crippen molar-refractivity contribution >= 4 is 5.82 Å². The molecule has 0 aliphatic carbocycles. The molecule has 1 rings (SSSR count). The number of aromatic nitrogens is 2. The lowest BCUT2D eigenvalue weighted by Crippen LogP contribution is -2.25. The summed E-state index contributed by atoms with van der Waals surface area (Å²) >= 11 is 0. The van der Waals surface area contributed by atoms with Gasteiger partial charge in [-0.2, -0.15) is 5.10 Å². The zero-order valence-corrected chi connectivity index (χ0v) is 6.91. The Balaban J connectivity index is 2.44. The molecule has 62 valence electrons. The van der Waals surface area contributed by atoms with Crippen molar-refractivity contribution in [3.05, 3.63) is 12.3 Å². The van der Waals surface area contributed by atoms with Crippen LogP contribution in [0, 0.1) is 0 Å². The topological polar surface area (TPSA) is 55.9 Å². The summed E-state index contributed by atoms with van der Waals surface area (Å²) in [4.78, 5) is 0. The average molecular weight is 154 g/mol. The van der Waals surface area contributed by atoms with Gasteiger partial charge >= 0.3 is 0 Å². The van der Waals surface area contributed by atoms with Crippen molar-refractivity contribution in [2.75, 3.05) is 11.9 Å². The van der Waals surface area contributed by atoms with Gasteiger partial charge < -0.3 is 11.1 Å². The first-order valence-corrected chi connectivity index (χ1v) is 3.67. The minimum absolute atomic E-state index is 0.171. The summed E-state index contributed by atoms with van der Waals surface area (Å²) in [5, 5.41) is 7.18. The molecule has 0 aliphatic heterocycles. The van der Waals surface area contributed by atoms with E-state index >= 15 is 0 Å². The quantitative estimate of drug-likeness (QED) is 0.653. The highest BCUT2D eigenvalue weighted by atomic mass is 15.3. The van der Waals surface area contributed by atoms with E-state index in [1.165, 1.54) is 0 Å². The highest BCUT2D eigenvalue weighted by Crippen LogP contribution is 2.01. The highest BCUT2D eigenvalue weighted by molar-refractivity contribution is 5.33. The second-order valence-electron chi connectivity index (χ2n) is 2.70. The molecule has 1 heterocycles. The fourth-order valence-corrected chi connectivity index (χ4v) is 0.813. The summed E-state index contributed by atoms with van der Waals surface area (Å²) in [6.45, 7) is 2.74. The number of aryl methyl sites for hydroxylation is 1. The van der Waals surface area contributed by atoms with Crippen LogP contribution in [-0.2, 0) is 7.05 Å². The maximum Gasteiger partial charge on any atom is 0.123 e. The van der Waals surface area contributed by atoms with Crippen LogP contribution in [0.4, 0.5) is 5.82 Å². The number of nitrogens with one attached hydrogen (secondary N) is 1. The third kappa shape index (κ3) is 2.23. The Hall–Kier alpha value is -1.03. The number of nitrogens with zero attached hydrogens (tertiary/aromatic N) is 2. The van der Waals surface area contributed by atoms with Gasteiger partial charge in [0.25, 0.3) is 0 Å². The van der Waals surface area contributed by atoms with Gasteiger partial charge in [0.1, 0.15) is 5.82 Å². The van der Waals surface area contributed by atoms with Crippen molar-refractivity contribution in [3.8, 4) is 0 Å². The van der Waals surface area contributed by atoms with Crippen LogP contribution in [0.5, 0.6) is 0 Å². The maximum atomic E-state index is 5.57. The predicted octanol–water partition coefficient (Wildman–Crippen LogP) is 0.179. The predicted molar refractivity (Wildman–Crippen MR) is 45.3 cm³/mol. The van der Waals surface area contributed by atoms with Crippen LogP contribution in [0.25, 0.3) is 0 Å². The summed E-state index contributed by atoms with van der Waals surface area (Å²) in [5.41, 5.74) is 5.57. The summed E-state index contributed by atoms with van der Waals surface area (Å²) in [5.74, 6) is 1.00. The van der Waals surface area contributed by atoms with Gasteiger partial charge in [-0.25, -0.2) is 0 Å². The average Bonchev–Trinajstić information content (AvgIpc) is 2.31. The van der Waals surface area contributed by atoms with E-state index in [1.54, 1.807) is 10.9 Å². The molecular formula is C7H14N4. The number of hydrogen-bond acceptors (Lipinski definition) is 3.